The van der Waals surface area contributed by atoms with Crippen LogP contribution in [0.3, 0.4) is 0 Å². The smallest absolute Gasteiger partial charge is 0.162 e. The van der Waals surface area contributed by atoms with Gasteiger partial charge in [0, 0.05) is 65.5 Å². The predicted molar refractivity (Wildman–Crippen MR) is 354 cm³/mol. The fourth-order valence-corrected chi connectivity index (χ4v) is 15.1. The van der Waals surface area contributed by atoms with Crippen LogP contribution in [0.5, 0.6) is 0 Å². The summed E-state index contributed by atoms with van der Waals surface area (Å²) in [5, 5.41) is 8.22. The van der Waals surface area contributed by atoms with Crippen molar-refractivity contribution in [1.82, 2.24) is 23.7 Å². The summed E-state index contributed by atoms with van der Waals surface area (Å²) in [4.78, 5) is 10.6. The van der Waals surface area contributed by atoms with Crippen molar-refractivity contribution in [3.05, 3.63) is 283 Å². The topological polar surface area (TPSA) is 40.6 Å². The van der Waals surface area contributed by atoms with Crippen molar-refractivity contribution in [3.8, 4) is 73.1 Å². The van der Waals surface area contributed by atoms with Gasteiger partial charge in [0.15, 0.2) is 5.82 Å². The summed E-state index contributed by atoms with van der Waals surface area (Å²) in [6.07, 6.45) is 0. The molecule has 2 aliphatic rings. The van der Waals surface area contributed by atoms with E-state index < -0.39 is 0 Å². The Balaban J connectivity index is 0.815. The van der Waals surface area contributed by atoms with E-state index in [1.54, 1.807) is 0 Å². The zero-order chi connectivity index (χ0) is 56.4. The molecule has 12 aromatic carbocycles. The van der Waals surface area contributed by atoms with E-state index in [2.05, 4.69) is 296 Å². The minimum atomic E-state index is -0.105. The van der Waals surface area contributed by atoms with E-state index in [9.17, 15) is 0 Å². The molecular weight excluding hydrogens is 1030 g/mol. The molecule has 16 aromatic rings. The van der Waals surface area contributed by atoms with Gasteiger partial charge >= 0.3 is 0 Å². The van der Waals surface area contributed by atoms with Crippen molar-refractivity contribution >= 4 is 76.3 Å². The van der Waals surface area contributed by atoms with Crippen LogP contribution in [0.4, 0.5) is 0 Å². The molecule has 0 atom stereocenters. The molecule has 4 heterocycles. The standard InChI is InChI=1S/C80H55N5/c1-79(2)66-25-13-8-20-55(66)57-36-34-53(46-68(57)79)83-71-28-16-11-22-59(71)62-42-49(30-38-73(62)83)51-32-40-75-64(44-51)65-45-52(33-41-76(65)85(75)78-61-24-10-15-27-70(61)81-77(82-78)48-18-6-5-7-19-48)50-31-39-74-63(43-50)60-23-12-17-29-72(60)84(74)54-35-37-58-56-21-9-14-26-67(56)80(3,4)69(58)47-54/h5-47H,1-4H3. The Labute approximate surface area is 492 Å². The first-order chi connectivity index (χ1) is 41.7. The van der Waals surface area contributed by atoms with Gasteiger partial charge in [0.2, 0.25) is 0 Å². The van der Waals surface area contributed by atoms with E-state index in [0.29, 0.717) is 5.82 Å². The van der Waals surface area contributed by atoms with Gasteiger partial charge in [-0.25, -0.2) is 9.97 Å². The van der Waals surface area contributed by atoms with Crippen LogP contribution in [0, 0.1) is 0 Å². The van der Waals surface area contributed by atoms with Crippen LogP contribution in [0.1, 0.15) is 49.9 Å². The number of rotatable bonds is 6. The Hall–Kier alpha value is -10.6. The van der Waals surface area contributed by atoms with Crippen molar-refractivity contribution < 1.29 is 0 Å². The number of benzene rings is 12. The SMILES string of the molecule is CC1(C)c2ccccc2-c2ccc(-n3c4ccccc4c4cc(-c5ccc6c(c5)c5cc(-c7ccc8c(c7)c7ccccc7n8-c7ccc8c(c7)C(C)(C)c7ccccc7-8)ccc5n6-c5nc(-c6ccccc6)nc6ccccc56)ccc43)cc21. The Kier molecular flexibility index (Phi) is 9.85. The lowest BCUT2D eigenvalue weighted by Gasteiger charge is -2.22. The molecule has 0 saturated heterocycles. The molecule has 400 valence electrons. The minimum absolute atomic E-state index is 0.105. The summed E-state index contributed by atoms with van der Waals surface area (Å²) in [7, 11) is 0. The second kappa shape index (κ2) is 17.5. The summed E-state index contributed by atoms with van der Waals surface area (Å²) in [6, 6.07) is 96.6. The van der Waals surface area contributed by atoms with Crippen molar-refractivity contribution in [2.24, 2.45) is 0 Å². The quantitative estimate of drug-likeness (QED) is 0.166. The highest BCUT2D eigenvalue weighted by molar-refractivity contribution is 6.15. The first-order valence-electron chi connectivity index (χ1n) is 29.6. The Bertz CT molecular complexity index is 5270. The van der Waals surface area contributed by atoms with E-state index in [1.165, 1.54) is 99.5 Å². The number of hydrogen-bond donors (Lipinski definition) is 0. The average Bonchev–Trinajstić information content (AvgIpc) is 1.93. The van der Waals surface area contributed by atoms with E-state index in [0.717, 1.165) is 66.3 Å². The van der Waals surface area contributed by atoms with Crippen LogP contribution in [0.25, 0.3) is 149 Å². The summed E-state index contributed by atoms with van der Waals surface area (Å²) in [5.74, 6) is 1.55. The Morgan fingerprint density at radius 3 is 1.13 bits per heavy atom. The van der Waals surface area contributed by atoms with E-state index in [-0.39, 0.29) is 10.8 Å². The molecule has 0 N–H and O–H groups in total. The van der Waals surface area contributed by atoms with Gasteiger partial charge in [0.05, 0.1) is 38.6 Å². The normalized spacial score (nSPS) is 13.8. The maximum absolute atomic E-state index is 5.48. The molecule has 0 spiro atoms. The van der Waals surface area contributed by atoms with Gasteiger partial charge in [-0.05, 0) is 164 Å². The van der Waals surface area contributed by atoms with Crippen LogP contribution in [0.15, 0.2) is 261 Å². The number of nitrogens with zero attached hydrogens (tertiary/aromatic N) is 5. The zero-order valence-electron chi connectivity index (χ0n) is 47.6. The van der Waals surface area contributed by atoms with Gasteiger partial charge in [-0.15, -0.1) is 0 Å². The molecule has 4 aromatic heterocycles. The first-order valence-corrected chi connectivity index (χ1v) is 29.6. The second-order valence-electron chi connectivity index (χ2n) is 24.5. The lowest BCUT2D eigenvalue weighted by molar-refractivity contribution is 0.660. The molecule has 5 heteroatoms. The Morgan fingerprint density at radius 1 is 0.259 bits per heavy atom. The molecule has 0 unspecified atom stereocenters. The van der Waals surface area contributed by atoms with Crippen molar-refractivity contribution in [3.63, 3.8) is 0 Å². The van der Waals surface area contributed by atoms with Crippen LogP contribution in [-0.4, -0.2) is 23.7 Å². The third-order valence-electron chi connectivity index (χ3n) is 19.3. The number of aromatic nitrogens is 5. The van der Waals surface area contributed by atoms with Gasteiger partial charge in [0.25, 0.3) is 0 Å². The summed E-state index contributed by atoms with van der Waals surface area (Å²) >= 11 is 0. The average molecular weight is 1090 g/mol. The summed E-state index contributed by atoms with van der Waals surface area (Å²) < 4.78 is 7.29. The van der Waals surface area contributed by atoms with Crippen LogP contribution >= 0.6 is 0 Å². The number of para-hydroxylation sites is 3. The summed E-state index contributed by atoms with van der Waals surface area (Å²) in [6.45, 7) is 9.45. The summed E-state index contributed by atoms with van der Waals surface area (Å²) in [5.41, 5.74) is 26.4. The van der Waals surface area contributed by atoms with Gasteiger partial charge in [0.1, 0.15) is 5.82 Å². The fraction of sp³-hybridized carbons (Fsp3) is 0.0750. The van der Waals surface area contributed by atoms with Crippen LogP contribution in [0.2, 0.25) is 0 Å². The monoisotopic (exact) mass is 1090 g/mol. The van der Waals surface area contributed by atoms with E-state index >= 15 is 0 Å². The van der Waals surface area contributed by atoms with Crippen LogP contribution in [-0.2, 0) is 10.8 Å². The highest BCUT2D eigenvalue weighted by atomic mass is 15.1. The molecule has 0 saturated carbocycles. The lowest BCUT2D eigenvalue weighted by Crippen LogP contribution is -2.15. The molecule has 2 aliphatic carbocycles. The molecule has 0 fully saturated rings. The minimum Gasteiger partial charge on any atom is -0.309 e. The molecule has 0 aliphatic heterocycles. The van der Waals surface area contributed by atoms with E-state index in [1.807, 2.05) is 6.07 Å². The van der Waals surface area contributed by atoms with Crippen molar-refractivity contribution in [1.29, 1.82) is 0 Å². The van der Waals surface area contributed by atoms with Crippen molar-refractivity contribution in [2.75, 3.05) is 0 Å². The predicted octanol–water partition coefficient (Wildman–Crippen LogP) is 20.5. The highest BCUT2D eigenvalue weighted by Gasteiger charge is 2.37. The molecule has 0 radical (unpaired) electrons. The molecular formula is C80H55N5. The molecule has 0 amide bonds. The molecule has 5 nitrogen and oxygen atoms in total. The fourth-order valence-electron chi connectivity index (χ4n) is 15.1. The van der Waals surface area contributed by atoms with Gasteiger partial charge in [-0.2, -0.15) is 0 Å². The third-order valence-corrected chi connectivity index (χ3v) is 19.3. The maximum Gasteiger partial charge on any atom is 0.162 e. The van der Waals surface area contributed by atoms with Gasteiger partial charge in [-0.3, -0.25) is 4.57 Å². The second-order valence-corrected chi connectivity index (χ2v) is 24.5. The maximum atomic E-state index is 5.48. The van der Waals surface area contributed by atoms with Crippen LogP contribution < -0.4 is 0 Å². The van der Waals surface area contributed by atoms with Crippen molar-refractivity contribution in [2.45, 2.75) is 38.5 Å². The molecule has 85 heavy (non-hydrogen) atoms. The zero-order valence-corrected chi connectivity index (χ0v) is 47.6. The molecule has 0 bridgehead atoms. The number of hydrogen-bond acceptors (Lipinski definition) is 2. The molecule has 18 rings (SSSR count). The highest BCUT2D eigenvalue weighted by Crippen LogP contribution is 2.52. The largest absolute Gasteiger partial charge is 0.309 e. The van der Waals surface area contributed by atoms with E-state index in [4.69, 9.17) is 9.97 Å². The lowest BCUT2D eigenvalue weighted by atomic mass is 9.82. The Morgan fingerprint density at radius 2 is 0.635 bits per heavy atom. The van der Waals surface area contributed by atoms with Gasteiger partial charge < -0.3 is 9.13 Å². The van der Waals surface area contributed by atoms with Gasteiger partial charge in [-0.1, -0.05) is 191 Å². The first kappa shape index (κ1) is 48.0. The number of fused-ring (bicyclic) bond motifs is 16. The third kappa shape index (κ3) is 6.81.